The molecule has 2 aromatic rings. The first-order valence-corrected chi connectivity index (χ1v) is 12.8. The normalized spacial score (nSPS) is 19.0. The Labute approximate surface area is 145 Å². The van der Waals surface area contributed by atoms with E-state index in [1.165, 1.54) is 9.99 Å². The average Bonchev–Trinajstić information content (AvgIpc) is 2.56. The van der Waals surface area contributed by atoms with Crippen LogP contribution in [0.2, 0.25) is 0 Å². The van der Waals surface area contributed by atoms with Gasteiger partial charge in [0.05, 0.1) is 0 Å². The number of aryl methyl sites for hydroxylation is 1. The first kappa shape index (κ1) is 16.6. The molecule has 2 aromatic carbocycles. The van der Waals surface area contributed by atoms with Crippen LogP contribution in [0.25, 0.3) is 0 Å². The second-order valence-corrected chi connectivity index (χ2v) is 12.8. The third kappa shape index (κ3) is 4.01. The van der Waals surface area contributed by atoms with E-state index in [1.54, 1.807) is 12.1 Å². The number of nitrogens with zero attached hydrogens (tertiary/aromatic N) is 1. The third-order valence-electron chi connectivity index (χ3n) is 3.75. The Kier molecular flexibility index (Phi) is 5.16. The minimum absolute atomic E-state index is 0.296. The van der Waals surface area contributed by atoms with Crippen LogP contribution in [-0.2, 0) is 10.0 Å². The van der Waals surface area contributed by atoms with Gasteiger partial charge >= 0.3 is 146 Å². The van der Waals surface area contributed by atoms with Crippen molar-refractivity contribution in [2.24, 2.45) is 4.40 Å². The Morgan fingerprint density at radius 1 is 0.957 bits per heavy atom. The summed E-state index contributed by atoms with van der Waals surface area (Å²) in [4.78, 5) is 0.296. The molecule has 0 bridgehead atoms. The van der Waals surface area contributed by atoms with Gasteiger partial charge in [-0.2, -0.15) is 0 Å². The Balaban J connectivity index is 1.96. The zero-order chi connectivity index (χ0) is 16.3. The van der Waals surface area contributed by atoms with Gasteiger partial charge in [-0.05, 0) is 0 Å². The van der Waals surface area contributed by atoms with Gasteiger partial charge < -0.3 is 0 Å². The van der Waals surface area contributed by atoms with Crippen molar-refractivity contribution in [3.63, 3.8) is 0 Å². The molecule has 0 radical (unpaired) electrons. The second-order valence-electron chi connectivity index (χ2n) is 5.56. The molecule has 23 heavy (non-hydrogen) atoms. The number of benzene rings is 2. The van der Waals surface area contributed by atoms with Crippen molar-refractivity contribution >= 4 is 33.6 Å². The molecule has 3 rings (SSSR count). The molecule has 0 aliphatic carbocycles. The van der Waals surface area contributed by atoms with Gasteiger partial charge in [-0.1, -0.05) is 0 Å². The number of sulfonamides is 1. The first-order chi connectivity index (χ1) is 11.1. The zero-order valence-electron chi connectivity index (χ0n) is 13.1. The summed E-state index contributed by atoms with van der Waals surface area (Å²) in [7, 11) is -3.59. The van der Waals surface area contributed by atoms with E-state index < -0.39 is 29.8 Å². The molecule has 3 nitrogen and oxygen atoms in total. The van der Waals surface area contributed by atoms with Crippen molar-refractivity contribution in [2.45, 2.75) is 31.1 Å². The summed E-state index contributed by atoms with van der Waals surface area (Å²) < 4.78 is 32.9. The van der Waals surface area contributed by atoms with Crippen molar-refractivity contribution in [1.82, 2.24) is 0 Å². The van der Waals surface area contributed by atoms with E-state index in [2.05, 4.69) is 16.5 Å². The number of alkyl halides is 1. The van der Waals surface area contributed by atoms with E-state index in [-0.39, 0.29) is 0 Å². The molecule has 1 aliphatic heterocycles. The topological polar surface area (TPSA) is 46.5 Å². The van der Waals surface area contributed by atoms with Crippen molar-refractivity contribution in [2.75, 3.05) is 4.43 Å². The fraction of sp³-hybridized carbons (Fsp3) is 0.278. The quantitative estimate of drug-likeness (QED) is 0.515. The summed E-state index contributed by atoms with van der Waals surface area (Å²) in [6.45, 7) is 1.95. The maximum absolute atomic E-state index is 12.6. The first-order valence-electron chi connectivity index (χ1n) is 7.67. The zero-order valence-corrected chi connectivity index (χ0v) is 16.0. The Morgan fingerprint density at radius 2 is 1.65 bits per heavy atom. The summed E-state index contributed by atoms with van der Waals surface area (Å²) in [5, 5.41) is 0. The van der Waals surface area contributed by atoms with Gasteiger partial charge in [0.25, 0.3) is 0 Å². The summed E-state index contributed by atoms with van der Waals surface area (Å²) in [5.74, 6) is 0. The molecule has 0 N–H and O–H groups in total. The van der Waals surface area contributed by atoms with Gasteiger partial charge in [-0.15, -0.1) is 0 Å². The van der Waals surface area contributed by atoms with Crippen molar-refractivity contribution in [3.8, 4) is 0 Å². The van der Waals surface area contributed by atoms with Crippen LogP contribution in [0.1, 0.15) is 24.8 Å². The third-order valence-corrected chi connectivity index (χ3v) is 11.8. The maximum atomic E-state index is 12.6. The number of hydrogen-bond acceptors (Lipinski definition) is 2. The summed E-state index contributed by atoms with van der Waals surface area (Å²) >= 11 is -1.66. The molecule has 1 fully saturated rings. The van der Waals surface area contributed by atoms with Gasteiger partial charge in [0.1, 0.15) is 0 Å². The van der Waals surface area contributed by atoms with Crippen molar-refractivity contribution < 1.29 is 8.42 Å². The van der Waals surface area contributed by atoms with E-state index in [0.717, 1.165) is 26.6 Å². The molecule has 1 heterocycles. The molecular formula is C18H20INO2S. The molecule has 122 valence electrons. The standard InChI is InChI=1S/C18H20INO2S/c1-15-10-12-17(13-11-15)23(21,22)20-18-9-5-6-14-19(18)16-7-3-2-4-8-16/h2-4,7-8,10-13H,5-6,9,14H2,1H3/b20-18+. The fourth-order valence-corrected chi connectivity index (χ4v) is 10.6. The molecule has 0 amide bonds. The molecular weight excluding hydrogens is 421 g/mol. The predicted molar refractivity (Wildman–Crippen MR) is 104 cm³/mol. The number of halogens is 1. The molecule has 0 unspecified atom stereocenters. The van der Waals surface area contributed by atoms with Crippen LogP contribution in [0.15, 0.2) is 63.9 Å². The Bertz CT molecular complexity index is 799. The molecule has 0 spiro atoms. The van der Waals surface area contributed by atoms with Crippen LogP contribution in [0.3, 0.4) is 0 Å². The minimum atomic E-state index is -3.59. The van der Waals surface area contributed by atoms with Gasteiger partial charge in [0, 0.05) is 0 Å². The van der Waals surface area contributed by atoms with Crippen LogP contribution < -0.4 is 0 Å². The van der Waals surface area contributed by atoms with Crippen LogP contribution in [0.4, 0.5) is 0 Å². The van der Waals surface area contributed by atoms with E-state index in [9.17, 15) is 8.42 Å². The van der Waals surface area contributed by atoms with E-state index >= 15 is 0 Å². The van der Waals surface area contributed by atoms with E-state index in [1.807, 2.05) is 37.3 Å². The fourth-order valence-electron chi connectivity index (χ4n) is 2.50. The van der Waals surface area contributed by atoms with Crippen LogP contribution in [-0.4, -0.2) is 16.6 Å². The molecule has 0 saturated carbocycles. The molecule has 5 heteroatoms. The number of hydrogen-bond donors (Lipinski definition) is 0. The van der Waals surface area contributed by atoms with Crippen LogP contribution >= 0.6 is 19.8 Å². The molecule has 1 aliphatic rings. The monoisotopic (exact) mass is 441 g/mol. The van der Waals surface area contributed by atoms with E-state index in [4.69, 9.17) is 0 Å². The van der Waals surface area contributed by atoms with Crippen molar-refractivity contribution in [1.29, 1.82) is 0 Å². The summed E-state index contributed by atoms with van der Waals surface area (Å²) in [6.07, 6.45) is 3.05. The van der Waals surface area contributed by atoms with Gasteiger partial charge in [0.2, 0.25) is 0 Å². The van der Waals surface area contributed by atoms with Gasteiger partial charge in [-0.25, -0.2) is 0 Å². The number of rotatable bonds is 3. The predicted octanol–water partition coefficient (Wildman–Crippen LogP) is 4.64. The molecule has 0 aromatic heterocycles. The van der Waals surface area contributed by atoms with Crippen molar-refractivity contribution in [3.05, 3.63) is 63.7 Å². The average molecular weight is 441 g/mol. The molecule has 0 atom stereocenters. The van der Waals surface area contributed by atoms with Gasteiger partial charge in [0.15, 0.2) is 0 Å². The second kappa shape index (κ2) is 7.13. The summed E-state index contributed by atoms with van der Waals surface area (Å²) in [6, 6.07) is 17.3. The summed E-state index contributed by atoms with van der Waals surface area (Å²) in [5.41, 5.74) is 1.05. The SMILES string of the molecule is Cc1ccc(S(=O)(=O)/N=C2\CCCCI2c2ccccc2)cc1. The van der Waals surface area contributed by atoms with E-state index in [0.29, 0.717) is 4.90 Å². The van der Waals surface area contributed by atoms with Crippen LogP contribution in [0, 0.1) is 10.5 Å². The van der Waals surface area contributed by atoms with Gasteiger partial charge in [-0.3, -0.25) is 0 Å². The Hall–Kier alpha value is -1.21. The van der Waals surface area contributed by atoms with Crippen LogP contribution in [0.5, 0.6) is 0 Å². The molecule has 1 saturated heterocycles. The Morgan fingerprint density at radius 3 is 2.35 bits per heavy atom.